The van der Waals surface area contributed by atoms with Crippen LogP contribution in [0, 0.1) is 0 Å². The quantitative estimate of drug-likeness (QED) is 0.904. The Morgan fingerprint density at radius 3 is 2.10 bits per heavy atom. The average Bonchev–Trinajstić information content (AvgIpc) is 2.84. The van der Waals surface area contributed by atoms with Gasteiger partial charge in [-0.1, -0.05) is 6.07 Å². The van der Waals surface area contributed by atoms with Gasteiger partial charge in [0.15, 0.2) is 0 Å². The van der Waals surface area contributed by atoms with Gasteiger partial charge in [0.1, 0.15) is 4.21 Å². The van der Waals surface area contributed by atoms with Crippen molar-refractivity contribution in [3.05, 3.63) is 41.8 Å². The maximum Gasteiger partial charge on any atom is 0.271 e. The summed E-state index contributed by atoms with van der Waals surface area (Å²) in [7, 11) is -3.47. The first-order valence-corrected chi connectivity index (χ1v) is 8.57. The van der Waals surface area contributed by atoms with E-state index in [1.165, 1.54) is 11.3 Å². The molecule has 20 heavy (non-hydrogen) atoms. The van der Waals surface area contributed by atoms with E-state index < -0.39 is 10.0 Å². The molecule has 0 amide bonds. The van der Waals surface area contributed by atoms with Crippen molar-refractivity contribution in [2.45, 2.75) is 30.5 Å². The van der Waals surface area contributed by atoms with Crippen molar-refractivity contribution in [2.24, 2.45) is 0 Å². The lowest BCUT2D eigenvalue weighted by molar-refractivity contribution is 0.603. The fourth-order valence-corrected chi connectivity index (χ4v) is 3.73. The second-order valence-corrected chi connectivity index (χ2v) is 8.35. The van der Waals surface area contributed by atoms with Crippen LogP contribution in [0.3, 0.4) is 0 Å². The standard InChI is InChI=1S/C14H18N2O2S2/c1-14(2,3)15-11-6-8-12(9-7-11)16-20(17,18)13-5-4-10-19-13/h4-10,15-16H,1-3H3. The molecule has 0 aliphatic rings. The van der Waals surface area contributed by atoms with Crippen LogP contribution in [0.25, 0.3) is 0 Å². The van der Waals surface area contributed by atoms with Crippen molar-refractivity contribution >= 4 is 32.7 Å². The zero-order valence-electron chi connectivity index (χ0n) is 11.7. The predicted octanol–water partition coefficient (Wildman–Crippen LogP) is 3.76. The molecule has 0 aliphatic carbocycles. The van der Waals surface area contributed by atoms with E-state index in [0.717, 1.165) is 5.69 Å². The van der Waals surface area contributed by atoms with Crippen molar-refractivity contribution in [2.75, 3.05) is 10.0 Å². The number of hydrogen-bond acceptors (Lipinski definition) is 4. The maximum absolute atomic E-state index is 12.1. The Morgan fingerprint density at radius 2 is 1.60 bits per heavy atom. The molecule has 0 bridgehead atoms. The van der Waals surface area contributed by atoms with E-state index >= 15 is 0 Å². The molecule has 0 radical (unpaired) electrons. The SMILES string of the molecule is CC(C)(C)Nc1ccc(NS(=O)(=O)c2cccs2)cc1. The van der Waals surface area contributed by atoms with Gasteiger partial charge in [0, 0.05) is 16.9 Å². The lowest BCUT2D eigenvalue weighted by Crippen LogP contribution is -2.25. The summed E-state index contributed by atoms with van der Waals surface area (Å²) in [6.45, 7) is 6.21. The summed E-state index contributed by atoms with van der Waals surface area (Å²) in [4.78, 5) is 0. The summed E-state index contributed by atoms with van der Waals surface area (Å²) in [5.74, 6) is 0. The normalized spacial score (nSPS) is 12.2. The van der Waals surface area contributed by atoms with Gasteiger partial charge in [-0.3, -0.25) is 4.72 Å². The lowest BCUT2D eigenvalue weighted by atomic mass is 10.1. The Balaban J connectivity index is 2.12. The minimum Gasteiger partial charge on any atom is -0.380 e. The van der Waals surface area contributed by atoms with Crippen LogP contribution in [-0.2, 0) is 10.0 Å². The van der Waals surface area contributed by atoms with Gasteiger partial charge in [0.2, 0.25) is 0 Å². The molecule has 0 aliphatic heterocycles. The first-order valence-electron chi connectivity index (χ1n) is 6.21. The van der Waals surface area contributed by atoms with Gasteiger partial charge >= 0.3 is 0 Å². The van der Waals surface area contributed by atoms with Gasteiger partial charge < -0.3 is 5.32 Å². The molecule has 0 saturated carbocycles. The third-order valence-corrected chi connectivity index (χ3v) is 5.20. The van der Waals surface area contributed by atoms with E-state index in [2.05, 4.69) is 30.8 Å². The number of anilines is 2. The van der Waals surface area contributed by atoms with Crippen molar-refractivity contribution in [1.29, 1.82) is 0 Å². The lowest BCUT2D eigenvalue weighted by Gasteiger charge is -2.22. The molecule has 6 heteroatoms. The van der Waals surface area contributed by atoms with Crippen LogP contribution < -0.4 is 10.0 Å². The molecule has 0 saturated heterocycles. The van der Waals surface area contributed by atoms with Gasteiger partial charge in [0.05, 0.1) is 0 Å². The van der Waals surface area contributed by atoms with Gasteiger partial charge in [0.25, 0.3) is 10.0 Å². The Bertz CT molecular complexity index is 654. The van der Waals surface area contributed by atoms with Gasteiger partial charge in [-0.25, -0.2) is 8.42 Å². The molecule has 0 atom stereocenters. The predicted molar refractivity (Wildman–Crippen MR) is 84.9 cm³/mol. The fraction of sp³-hybridized carbons (Fsp3) is 0.286. The van der Waals surface area contributed by atoms with E-state index in [1.807, 2.05) is 12.1 Å². The molecule has 108 valence electrons. The topological polar surface area (TPSA) is 58.2 Å². The number of rotatable bonds is 4. The number of benzene rings is 1. The molecule has 4 nitrogen and oxygen atoms in total. The Labute approximate surface area is 123 Å². The van der Waals surface area contributed by atoms with Gasteiger partial charge in [-0.05, 0) is 56.5 Å². The molecule has 2 N–H and O–H groups in total. The smallest absolute Gasteiger partial charge is 0.271 e. The molecular formula is C14H18N2O2S2. The first-order chi connectivity index (χ1) is 9.26. The molecule has 1 heterocycles. The Morgan fingerprint density at radius 1 is 1.00 bits per heavy atom. The third-order valence-electron chi connectivity index (χ3n) is 2.42. The molecule has 0 fully saturated rings. The summed E-state index contributed by atoms with van der Waals surface area (Å²) in [6.07, 6.45) is 0. The minimum absolute atomic E-state index is 0.0298. The Hall–Kier alpha value is -1.53. The Kier molecular flexibility index (Phi) is 4.06. The second-order valence-electron chi connectivity index (χ2n) is 5.49. The van der Waals surface area contributed by atoms with Crippen LogP contribution in [-0.4, -0.2) is 14.0 Å². The number of nitrogens with one attached hydrogen (secondary N) is 2. The van der Waals surface area contributed by atoms with E-state index in [-0.39, 0.29) is 5.54 Å². The summed E-state index contributed by atoms with van der Waals surface area (Å²) >= 11 is 1.20. The zero-order valence-corrected chi connectivity index (χ0v) is 13.3. The highest BCUT2D eigenvalue weighted by atomic mass is 32.2. The zero-order chi connectivity index (χ0) is 14.8. The van der Waals surface area contributed by atoms with E-state index in [1.54, 1.807) is 29.6 Å². The van der Waals surface area contributed by atoms with Crippen LogP contribution in [0.15, 0.2) is 46.0 Å². The van der Waals surface area contributed by atoms with Gasteiger partial charge in [-0.15, -0.1) is 11.3 Å². The largest absolute Gasteiger partial charge is 0.380 e. The molecular weight excluding hydrogens is 292 g/mol. The molecule has 1 aromatic carbocycles. The highest BCUT2D eigenvalue weighted by molar-refractivity contribution is 7.94. The average molecular weight is 310 g/mol. The van der Waals surface area contributed by atoms with E-state index in [4.69, 9.17) is 0 Å². The van der Waals surface area contributed by atoms with Crippen molar-refractivity contribution in [3.8, 4) is 0 Å². The van der Waals surface area contributed by atoms with Crippen LogP contribution in [0.4, 0.5) is 11.4 Å². The van der Waals surface area contributed by atoms with Crippen LogP contribution in [0.1, 0.15) is 20.8 Å². The highest BCUT2D eigenvalue weighted by Crippen LogP contribution is 2.22. The molecule has 0 spiro atoms. The van der Waals surface area contributed by atoms with Crippen molar-refractivity contribution in [1.82, 2.24) is 0 Å². The molecule has 2 rings (SSSR count). The molecule has 1 aromatic heterocycles. The highest BCUT2D eigenvalue weighted by Gasteiger charge is 2.15. The van der Waals surface area contributed by atoms with Gasteiger partial charge in [-0.2, -0.15) is 0 Å². The summed E-state index contributed by atoms with van der Waals surface area (Å²) in [5, 5.41) is 5.06. The van der Waals surface area contributed by atoms with Crippen molar-refractivity contribution < 1.29 is 8.42 Å². The van der Waals surface area contributed by atoms with E-state index in [9.17, 15) is 8.42 Å². The van der Waals surface area contributed by atoms with Crippen LogP contribution in [0.2, 0.25) is 0 Å². The molecule has 0 unspecified atom stereocenters. The van der Waals surface area contributed by atoms with Crippen LogP contribution >= 0.6 is 11.3 Å². The summed E-state index contributed by atoms with van der Waals surface area (Å²) < 4.78 is 27.0. The summed E-state index contributed by atoms with van der Waals surface area (Å²) in [5.41, 5.74) is 1.48. The number of thiophene rings is 1. The molecule has 2 aromatic rings. The number of hydrogen-bond donors (Lipinski definition) is 2. The second kappa shape index (κ2) is 5.46. The monoisotopic (exact) mass is 310 g/mol. The number of sulfonamides is 1. The fourth-order valence-electron chi connectivity index (χ4n) is 1.68. The van der Waals surface area contributed by atoms with E-state index in [0.29, 0.717) is 9.90 Å². The first kappa shape index (κ1) is 14.9. The maximum atomic E-state index is 12.1. The minimum atomic E-state index is -3.47. The van der Waals surface area contributed by atoms with Crippen LogP contribution in [0.5, 0.6) is 0 Å². The third kappa shape index (κ3) is 3.98. The van der Waals surface area contributed by atoms with Crippen molar-refractivity contribution in [3.63, 3.8) is 0 Å². The summed E-state index contributed by atoms with van der Waals surface area (Å²) in [6, 6.07) is 10.5.